The summed E-state index contributed by atoms with van der Waals surface area (Å²) in [6.07, 6.45) is 2.88. The molecule has 5 heteroatoms. The standard InChI is InChI=1S/C16H19N3OS/c1-11-17-14-10-19(8-7-13(14)16(20)18-11)9-12-5-3-4-6-15(12)21-2/h3-6H,7-10H2,1-2H3,(H,17,18,20). The molecule has 1 aromatic heterocycles. The minimum Gasteiger partial charge on any atom is -0.311 e. The highest BCUT2D eigenvalue weighted by Gasteiger charge is 2.21. The highest BCUT2D eigenvalue weighted by atomic mass is 32.2. The van der Waals surface area contributed by atoms with Crippen LogP contribution in [0.4, 0.5) is 0 Å². The van der Waals surface area contributed by atoms with Gasteiger partial charge >= 0.3 is 0 Å². The normalized spacial score (nSPS) is 15.0. The quantitative estimate of drug-likeness (QED) is 0.884. The summed E-state index contributed by atoms with van der Waals surface area (Å²) in [5.41, 5.74) is 3.16. The molecule has 1 N–H and O–H groups in total. The molecule has 0 radical (unpaired) electrons. The van der Waals surface area contributed by atoms with Gasteiger partial charge in [-0.05, 0) is 31.2 Å². The van der Waals surface area contributed by atoms with Crippen LogP contribution < -0.4 is 5.56 Å². The number of hydrogen-bond acceptors (Lipinski definition) is 4. The summed E-state index contributed by atoms with van der Waals surface area (Å²) in [6, 6.07) is 8.49. The number of nitrogens with one attached hydrogen (secondary N) is 1. The molecule has 0 saturated heterocycles. The van der Waals surface area contributed by atoms with Crippen molar-refractivity contribution in [3.63, 3.8) is 0 Å². The van der Waals surface area contributed by atoms with Gasteiger partial charge in [-0.15, -0.1) is 11.8 Å². The van der Waals surface area contributed by atoms with Gasteiger partial charge in [-0.1, -0.05) is 18.2 Å². The van der Waals surface area contributed by atoms with Gasteiger partial charge in [-0.25, -0.2) is 4.98 Å². The van der Waals surface area contributed by atoms with Crippen LogP contribution in [0, 0.1) is 6.92 Å². The molecule has 2 aromatic rings. The predicted octanol–water partition coefficient (Wildman–Crippen LogP) is 2.36. The zero-order valence-electron chi connectivity index (χ0n) is 12.3. The van der Waals surface area contributed by atoms with Crippen LogP contribution in [-0.2, 0) is 19.5 Å². The number of nitrogens with zero attached hydrogens (tertiary/aromatic N) is 2. The summed E-state index contributed by atoms with van der Waals surface area (Å²) >= 11 is 1.78. The van der Waals surface area contributed by atoms with Crippen LogP contribution in [0.25, 0.3) is 0 Å². The predicted molar refractivity (Wildman–Crippen MR) is 85.6 cm³/mol. The van der Waals surface area contributed by atoms with Gasteiger partial charge in [0.05, 0.1) is 5.69 Å². The minimum absolute atomic E-state index is 0.0293. The van der Waals surface area contributed by atoms with Crippen molar-refractivity contribution < 1.29 is 0 Å². The van der Waals surface area contributed by atoms with E-state index in [2.05, 4.69) is 45.4 Å². The first-order chi connectivity index (χ1) is 10.2. The fourth-order valence-corrected chi connectivity index (χ4v) is 3.44. The maximum absolute atomic E-state index is 11.9. The molecule has 0 atom stereocenters. The van der Waals surface area contributed by atoms with E-state index in [9.17, 15) is 4.79 Å². The van der Waals surface area contributed by atoms with Crippen LogP contribution >= 0.6 is 11.8 Å². The lowest BCUT2D eigenvalue weighted by molar-refractivity contribution is 0.238. The number of fused-ring (bicyclic) bond motifs is 1. The third-order valence-corrected chi connectivity index (χ3v) is 4.70. The van der Waals surface area contributed by atoms with E-state index < -0.39 is 0 Å². The summed E-state index contributed by atoms with van der Waals surface area (Å²) in [6.45, 7) is 4.40. The fourth-order valence-electron chi connectivity index (χ4n) is 2.83. The topological polar surface area (TPSA) is 49.0 Å². The Labute approximate surface area is 128 Å². The van der Waals surface area contributed by atoms with Crippen LogP contribution in [0.15, 0.2) is 34.0 Å². The molecular weight excluding hydrogens is 282 g/mol. The molecule has 0 bridgehead atoms. The highest BCUT2D eigenvalue weighted by Crippen LogP contribution is 2.23. The zero-order valence-corrected chi connectivity index (χ0v) is 13.2. The van der Waals surface area contributed by atoms with E-state index in [0.717, 1.165) is 37.3 Å². The second-order valence-electron chi connectivity index (χ2n) is 5.35. The molecule has 0 spiro atoms. The highest BCUT2D eigenvalue weighted by molar-refractivity contribution is 7.98. The SMILES string of the molecule is CSc1ccccc1CN1CCc2c(nc(C)[nH]c2=O)C1. The second-order valence-corrected chi connectivity index (χ2v) is 6.20. The van der Waals surface area contributed by atoms with Crippen molar-refractivity contribution in [1.29, 1.82) is 0 Å². The Bertz CT molecular complexity index is 711. The fraction of sp³-hybridized carbons (Fsp3) is 0.375. The van der Waals surface area contributed by atoms with Crippen LogP contribution in [0.1, 0.15) is 22.6 Å². The molecule has 0 unspecified atom stereocenters. The average Bonchev–Trinajstić information content (AvgIpc) is 2.47. The summed E-state index contributed by atoms with van der Waals surface area (Å²) in [4.78, 5) is 22.9. The first-order valence-electron chi connectivity index (χ1n) is 7.10. The Hall–Kier alpha value is -1.59. The Morgan fingerprint density at radius 2 is 2.19 bits per heavy atom. The second kappa shape index (κ2) is 6.03. The van der Waals surface area contributed by atoms with E-state index >= 15 is 0 Å². The molecule has 4 nitrogen and oxygen atoms in total. The summed E-state index contributed by atoms with van der Waals surface area (Å²) < 4.78 is 0. The third kappa shape index (κ3) is 3.04. The van der Waals surface area contributed by atoms with Crippen LogP contribution in [-0.4, -0.2) is 27.7 Å². The van der Waals surface area contributed by atoms with E-state index in [-0.39, 0.29) is 5.56 Å². The Morgan fingerprint density at radius 3 is 3.00 bits per heavy atom. The van der Waals surface area contributed by atoms with E-state index in [1.54, 1.807) is 11.8 Å². The van der Waals surface area contributed by atoms with Gasteiger partial charge in [0.1, 0.15) is 5.82 Å². The van der Waals surface area contributed by atoms with Gasteiger partial charge in [0, 0.05) is 30.1 Å². The van der Waals surface area contributed by atoms with Crippen molar-refractivity contribution in [3.05, 3.63) is 57.3 Å². The van der Waals surface area contributed by atoms with Crippen molar-refractivity contribution in [2.45, 2.75) is 31.3 Å². The summed E-state index contributed by atoms with van der Waals surface area (Å²) in [5.74, 6) is 0.699. The van der Waals surface area contributed by atoms with Crippen LogP contribution in [0.2, 0.25) is 0 Å². The molecule has 0 aliphatic carbocycles. The molecule has 1 aromatic carbocycles. The van der Waals surface area contributed by atoms with Crippen molar-refractivity contribution in [2.24, 2.45) is 0 Å². The third-order valence-electron chi connectivity index (χ3n) is 3.86. The van der Waals surface area contributed by atoms with Crippen LogP contribution in [0.5, 0.6) is 0 Å². The maximum atomic E-state index is 11.9. The molecule has 21 heavy (non-hydrogen) atoms. The first-order valence-corrected chi connectivity index (χ1v) is 8.33. The Morgan fingerprint density at radius 1 is 1.38 bits per heavy atom. The van der Waals surface area contributed by atoms with Gasteiger partial charge in [0.15, 0.2) is 0 Å². The van der Waals surface area contributed by atoms with Crippen LogP contribution in [0.3, 0.4) is 0 Å². The van der Waals surface area contributed by atoms with E-state index in [0.29, 0.717) is 5.82 Å². The number of thioether (sulfide) groups is 1. The number of benzene rings is 1. The van der Waals surface area contributed by atoms with E-state index in [4.69, 9.17) is 0 Å². The van der Waals surface area contributed by atoms with E-state index in [1.165, 1.54) is 10.5 Å². The summed E-state index contributed by atoms with van der Waals surface area (Å²) in [5, 5.41) is 0. The molecule has 0 amide bonds. The Balaban J connectivity index is 1.82. The summed E-state index contributed by atoms with van der Waals surface area (Å²) in [7, 11) is 0. The van der Waals surface area contributed by atoms with Gasteiger partial charge in [-0.3, -0.25) is 9.69 Å². The zero-order chi connectivity index (χ0) is 14.8. The average molecular weight is 301 g/mol. The van der Waals surface area contributed by atoms with Gasteiger partial charge in [0.2, 0.25) is 0 Å². The molecule has 1 aliphatic heterocycles. The van der Waals surface area contributed by atoms with Crippen molar-refractivity contribution in [1.82, 2.24) is 14.9 Å². The van der Waals surface area contributed by atoms with Gasteiger partial charge in [0.25, 0.3) is 5.56 Å². The molecule has 0 fully saturated rings. The Kier molecular flexibility index (Phi) is 4.12. The minimum atomic E-state index is 0.0293. The number of aromatic nitrogens is 2. The lowest BCUT2D eigenvalue weighted by atomic mass is 10.1. The number of hydrogen-bond donors (Lipinski definition) is 1. The molecule has 3 rings (SSSR count). The molecule has 110 valence electrons. The number of aromatic amines is 1. The van der Waals surface area contributed by atoms with Gasteiger partial charge in [-0.2, -0.15) is 0 Å². The van der Waals surface area contributed by atoms with Gasteiger partial charge < -0.3 is 4.98 Å². The van der Waals surface area contributed by atoms with E-state index in [1.807, 2.05) is 6.92 Å². The smallest absolute Gasteiger partial charge is 0.254 e. The molecule has 1 aliphatic rings. The number of H-pyrrole nitrogens is 1. The molecular formula is C16H19N3OS. The number of aryl methyl sites for hydroxylation is 1. The maximum Gasteiger partial charge on any atom is 0.254 e. The lowest BCUT2D eigenvalue weighted by Crippen LogP contribution is -2.35. The van der Waals surface area contributed by atoms with Crippen molar-refractivity contribution in [3.8, 4) is 0 Å². The monoisotopic (exact) mass is 301 g/mol. The van der Waals surface area contributed by atoms with Crippen molar-refractivity contribution >= 4 is 11.8 Å². The number of rotatable bonds is 3. The molecule has 2 heterocycles. The molecule has 0 saturated carbocycles. The first kappa shape index (κ1) is 14.4. The lowest BCUT2D eigenvalue weighted by Gasteiger charge is -2.28. The largest absolute Gasteiger partial charge is 0.311 e. The van der Waals surface area contributed by atoms with Crippen molar-refractivity contribution in [2.75, 3.05) is 12.8 Å².